The number of benzene rings is 2. The maximum atomic E-state index is 8.50. The Morgan fingerprint density at radius 2 is 2.00 bits per heavy atom. The van der Waals surface area contributed by atoms with Crippen LogP contribution in [-0.4, -0.2) is 12.9 Å². The van der Waals surface area contributed by atoms with Crippen LogP contribution in [0, 0.1) is 11.3 Å². The Morgan fingerprint density at radius 1 is 1.20 bits per heavy atom. The molecule has 3 nitrogen and oxygen atoms in total. The second kappa shape index (κ2) is 7.46. The fourth-order valence-electron chi connectivity index (χ4n) is 1.77. The van der Waals surface area contributed by atoms with Crippen molar-refractivity contribution in [2.24, 2.45) is 0 Å². The van der Waals surface area contributed by atoms with E-state index in [2.05, 4.69) is 35.8 Å². The molecule has 0 radical (unpaired) electrons. The molecule has 2 rings (SSSR count). The Kier molecular flexibility index (Phi) is 5.33. The van der Waals surface area contributed by atoms with Gasteiger partial charge < -0.3 is 10.1 Å². The van der Waals surface area contributed by atoms with Crippen molar-refractivity contribution in [1.82, 2.24) is 0 Å². The fourth-order valence-corrected chi connectivity index (χ4v) is 2.18. The summed E-state index contributed by atoms with van der Waals surface area (Å²) in [5.41, 5.74) is 2.21. The summed E-state index contributed by atoms with van der Waals surface area (Å²) in [4.78, 5) is 1.25. The largest absolute Gasteiger partial charge is 0.479 e. The molecular formula is C16H16N2OS. The first-order valence-electron chi connectivity index (χ1n) is 6.28. The number of rotatable bonds is 6. The van der Waals surface area contributed by atoms with E-state index in [4.69, 9.17) is 10.00 Å². The maximum absolute atomic E-state index is 8.50. The molecule has 0 fully saturated rings. The van der Waals surface area contributed by atoms with Gasteiger partial charge in [-0.05, 0) is 48.2 Å². The lowest BCUT2D eigenvalue weighted by atomic mass is 10.2. The standard InChI is InChI=1S/C16H16N2OS/c1-20-16-7-5-14(6-8-16)18-12-13-3-2-4-15(11-13)19-10-9-17/h2-8,11,18H,10,12H2,1H3. The van der Waals surface area contributed by atoms with Crippen molar-refractivity contribution in [3.63, 3.8) is 0 Å². The van der Waals surface area contributed by atoms with Gasteiger partial charge in [0.2, 0.25) is 0 Å². The van der Waals surface area contributed by atoms with Crippen molar-refractivity contribution in [3.8, 4) is 11.8 Å². The van der Waals surface area contributed by atoms with Crippen LogP contribution in [0.1, 0.15) is 5.56 Å². The van der Waals surface area contributed by atoms with E-state index in [1.165, 1.54) is 4.90 Å². The zero-order valence-corrected chi connectivity index (χ0v) is 12.1. The average Bonchev–Trinajstić information content (AvgIpc) is 2.52. The van der Waals surface area contributed by atoms with Crippen LogP contribution in [0.4, 0.5) is 5.69 Å². The number of nitrogens with zero attached hydrogens (tertiary/aromatic N) is 1. The summed E-state index contributed by atoms with van der Waals surface area (Å²) in [6.07, 6.45) is 2.06. The van der Waals surface area contributed by atoms with Crippen LogP contribution in [-0.2, 0) is 6.54 Å². The highest BCUT2D eigenvalue weighted by atomic mass is 32.2. The van der Waals surface area contributed by atoms with E-state index < -0.39 is 0 Å². The minimum absolute atomic E-state index is 0.0764. The predicted molar refractivity (Wildman–Crippen MR) is 83.1 cm³/mol. The van der Waals surface area contributed by atoms with Crippen LogP contribution < -0.4 is 10.1 Å². The van der Waals surface area contributed by atoms with Gasteiger partial charge in [-0.25, -0.2) is 0 Å². The van der Waals surface area contributed by atoms with Gasteiger partial charge in [0, 0.05) is 17.1 Å². The topological polar surface area (TPSA) is 45.0 Å². The van der Waals surface area contributed by atoms with Crippen molar-refractivity contribution < 1.29 is 4.74 Å². The molecule has 2 aromatic rings. The van der Waals surface area contributed by atoms with Gasteiger partial charge in [-0.1, -0.05) is 12.1 Å². The van der Waals surface area contributed by atoms with Gasteiger partial charge in [-0.3, -0.25) is 0 Å². The van der Waals surface area contributed by atoms with E-state index in [0.29, 0.717) is 0 Å². The fraction of sp³-hybridized carbons (Fsp3) is 0.188. The zero-order valence-electron chi connectivity index (χ0n) is 11.3. The molecule has 102 valence electrons. The molecule has 0 heterocycles. The van der Waals surface area contributed by atoms with E-state index in [1.54, 1.807) is 11.8 Å². The monoisotopic (exact) mass is 284 g/mol. The van der Waals surface area contributed by atoms with Crippen LogP contribution in [0.15, 0.2) is 53.4 Å². The van der Waals surface area contributed by atoms with E-state index >= 15 is 0 Å². The summed E-state index contributed by atoms with van der Waals surface area (Å²) in [6.45, 7) is 0.801. The second-order valence-electron chi connectivity index (χ2n) is 4.18. The maximum Gasteiger partial charge on any atom is 0.174 e. The first-order chi connectivity index (χ1) is 9.81. The molecule has 0 saturated heterocycles. The molecule has 0 spiro atoms. The quantitative estimate of drug-likeness (QED) is 0.817. The summed E-state index contributed by atoms with van der Waals surface area (Å²) >= 11 is 1.73. The first-order valence-corrected chi connectivity index (χ1v) is 7.51. The normalized spacial score (nSPS) is 9.80. The number of ether oxygens (including phenoxy) is 1. The van der Waals surface area contributed by atoms with Gasteiger partial charge in [-0.15, -0.1) is 11.8 Å². The molecule has 0 aliphatic rings. The molecule has 0 atom stereocenters. The molecule has 0 aromatic heterocycles. The number of nitriles is 1. The smallest absolute Gasteiger partial charge is 0.174 e. The highest BCUT2D eigenvalue weighted by Gasteiger charge is 1.98. The molecule has 0 aliphatic carbocycles. The first kappa shape index (κ1) is 14.3. The summed E-state index contributed by atoms with van der Waals surface area (Å²) < 4.78 is 5.29. The molecule has 4 heteroatoms. The van der Waals surface area contributed by atoms with Crippen molar-refractivity contribution in [3.05, 3.63) is 54.1 Å². The molecule has 0 unspecified atom stereocenters. The molecule has 0 saturated carbocycles. The van der Waals surface area contributed by atoms with Gasteiger partial charge in [0.15, 0.2) is 6.61 Å². The molecule has 0 aliphatic heterocycles. The van der Waals surface area contributed by atoms with E-state index in [-0.39, 0.29) is 6.61 Å². The minimum atomic E-state index is 0.0764. The molecule has 20 heavy (non-hydrogen) atoms. The second-order valence-corrected chi connectivity index (χ2v) is 5.06. The average molecular weight is 284 g/mol. The molecule has 0 amide bonds. The van der Waals surface area contributed by atoms with Crippen LogP contribution in [0.5, 0.6) is 5.75 Å². The predicted octanol–water partition coefficient (Wildman–Crippen LogP) is 3.92. The number of hydrogen-bond acceptors (Lipinski definition) is 4. The number of anilines is 1. The van der Waals surface area contributed by atoms with Gasteiger partial charge in [0.1, 0.15) is 11.8 Å². The highest BCUT2D eigenvalue weighted by molar-refractivity contribution is 7.98. The van der Waals surface area contributed by atoms with E-state index in [1.807, 2.05) is 30.3 Å². The lowest BCUT2D eigenvalue weighted by Gasteiger charge is -2.08. The van der Waals surface area contributed by atoms with Gasteiger partial charge in [0.05, 0.1) is 0 Å². The zero-order chi connectivity index (χ0) is 14.2. The summed E-state index contributed by atoms with van der Waals surface area (Å²) in [5.74, 6) is 0.726. The van der Waals surface area contributed by atoms with Crippen LogP contribution in [0.2, 0.25) is 0 Å². The molecule has 0 bridgehead atoms. The summed E-state index contributed by atoms with van der Waals surface area (Å²) in [5, 5.41) is 11.9. The summed E-state index contributed by atoms with van der Waals surface area (Å²) in [6, 6.07) is 18.1. The number of hydrogen-bond donors (Lipinski definition) is 1. The van der Waals surface area contributed by atoms with Crippen molar-refractivity contribution in [2.45, 2.75) is 11.4 Å². The highest BCUT2D eigenvalue weighted by Crippen LogP contribution is 2.19. The SMILES string of the molecule is CSc1ccc(NCc2cccc(OCC#N)c2)cc1. The number of nitrogens with one attached hydrogen (secondary N) is 1. The third kappa shape index (κ3) is 4.22. The summed E-state index contributed by atoms with van der Waals surface area (Å²) in [7, 11) is 0. The molecule has 2 aromatic carbocycles. The van der Waals surface area contributed by atoms with E-state index in [9.17, 15) is 0 Å². The molecule has 1 N–H and O–H groups in total. The van der Waals surface area contributed by atoms with Crippen molar-refractivity contribution in [2.75, 3.05) is 18.2 Å². The minimum Gasteiger partial charge on any atom is -0.479 e. The number of thioether (sulfide) groups is 1. The Labute approximate surface area is 123 Å². The van der Waals surface area contributed by atoms with E-state index in [0.717, 1.165) is 23.5 Å². The Balaban J connectivity index is 1.94. The van der Waals surface area contributed by atoms with Gasteiger partial charge in [0.25, 0.3) is 0 Å². The van der Waals surface area contributed by atoms with Crippen LogP contribution in [0.25, 0.3) is 0 Å². The van der Waals surface area contributed by atoms with Crippen molar-refractivity contribution in [1.29, 1.82) is 5.26 Å². The molecular weight excluding hydrogens is 268 g/mol. The Hall–Kier alpha value is -2.12. The Morgan fingerprint density at radius 3 is 2.70 bits per heavy atom. The lowest BCUT2D eigenvalue weighted by Crippen LogP contribution is -2.00. The Bertz CT molecular complexity index is 590. The van der Waals surface area contributed by atoms with Crippen LogP contribution in [0.3, 0.4) is 0 Å². The van der Waals surface area contributed by atoms with Gasteiger partial charge >= 0.3 is 0 Å². The third-order valence-electron chi connectivity index (χ3n) is 2.79. The van der Waals surface area contributed by atoms with Crippen LogP contribution >= 0.6 is 11.8 Å². The van der Waals surface area contributed by atoms with Crippen molar-refractivity contribution >= 4 is 17.4 Å². The van der Waals surface area contributed by atoms with Gasteiger partial charge in [-0.2, -0.15) is 5.26 Å². The third-order valence-corrected chi connectivity index (χ3v) is 3.53. The lowest BCUT2D eigenvalue weighted by molar-refractivity contribution is 0.368.